The van der Waals surface area contributed by atoms with E-state index in [0.717, 1.165) is 33.3 Å². The number of aromatic nitrogens is 1. The van der Waals surface area contributed by atoms with Crippen LogP contribution in [0.3, 0.4) is 0 Å². The van der Waals surface area contributed by atoms with Crippen LogP contribution in [-0.2, 0) is 11.2 Å². The summed E-state index contributed by atoms with van der Waals surface area (Å²) in [7, 11) is 1.83. The maximum absolute atomic E-state index is 13.6. The van der Waals surface area contributed by atoms with E-state index in [9.17, 15) is 4.79 Å². The highest BCUT2D eigenvalue weighted by Crippen LogP contribution is 2.30. The molecule has 0 radical (unpaired) electrons. The molecular formula is C27H25ClN4O. The Balaban J connectivity index is 1.44. The summed E-state index contributed by atoms with van der Waals surface area (Å²) in [6.07, 6.45) is 2.57. The van der Waals surface area contributed by atoms with E-state index in [2.05, 4.69) is 28.5 Å². The third-order valence-electron chi connectivity index (χ3n) is 6.26. The van der Waals surface area contributed by atoms with Gasteiger partial charge in [-0.3, -0.25) is 4.79 Å². The molecule has 0 saturated heterocycles. The molecule has 33 heavy (non-hydrogen) atoms. The molecule has 0 aliphatic carbocycles. The lowest BCUT2D eigenvalue weighted by Crippen LogP contribution is -2.44. The molecule has 5 nitrogen and oxygen atoms in total. The van der Waals surface area contributed by atoms with Crippen LogP contribution in [0.2, 0.25) is 5.02 Å². The van der Waals surface area contributed by atoms with Crippen LogP contribution >= 0.6 is 11.6 Å². The van der Waals surface area contributed by atoms with Gasteiger partial charge in [0.05, 0.1) is 18.3 Å². The Morgan fingerprint density at radius 1 is 1.09 bits per heavy atom. The van der Waals surface area contributed by atoms with Crippen molar-refractivity contribution in [3.63, 3.8) is 0 Å². The monoisotopic (exact) mass is 456 g/mol. The fourth-order valence-electron chi connectivity index (χ4n) is 4.48. The lowest BCUT2D eigenvalue weighted by molar-refractivity contribution is -0.132. The predicted octanol–water partition coefficient (Wildman–Crippen LogP) is 4.98. The summed E-state index contributed by atoms with van der Waals surface area (Å²) in [5.41, 5.74) is 5.18. The molecule has 2 atom stereocenters. The summed E-state index contributed by atoms with van der Waals surface area (Å²) < 4.78 is 0. The fourth-order valence-corrected chi connectivity index (χ4v) is 4.61. The fraction of sp³-hybridized carbons (Fsp3) is 0.185. The number of benzene rings is 3. The quantitative estimate of drug-likeness (QED) is 0.429. The van der Waals surface area contributed by atoms with Gasteiger partial charge in [-0.1, -0.05) is 72.3 Å². The Kier molecular flexibility index (Phi) is 5.99. The molecule has 166 valence electrons. The largest absolute Gasteiger partial charge is 0.361 e. The second kappa shape index (κ2) is 9.22. The van der Waals surface area contributed by atoms with Crippen LogP contribution in [-0.4, -0.2) is 41.2 Å². The first-order valence-electron chi connectivity index (χ1n) is 11.1. The summed E-state index contributed by atoms with van der Waals surface area (Å²) in [4.78, 5) is 16.9. The highest BCUT2D eigenvalue weighted by Gasteiger charge is 2.35. The molecule has 1 aliphatic rings. The summed E-state index contributed by atoms with van der Waals surface area (Å²) in [5, 5.41) is 11.5. The Morgan fingerprint density at radius 2 is 1.82 bits per heavy atom. The maximum Gasteiger partial charge on any atom is 0.260 e. The SMILES string of the molecule is CN[C@@H](Cc1c[nH]c2ccccc12)C(=O)N1CC(c2ccccc2)C(c2ccc(Cl)cc2)=N1. The number of amides is 1. The van der Waals surface area contributed by atoms with Crippen LogP contribution in [0.5, 0.6) is 0 Å². The summed E-state index contributed by atoms with van der Waals surface area (Å²) in [5.74, 6) is -0.0328. The molecule has 5 rings (SSSR count). The lowest BCUT2D eigenvalue weighted by atomic mass is 9.90. The predicted molar refractivity (Wildman–Crippen MR) is 134 cm³/mol. The number of nitrogens with zero attached hydrogens (tertiary/aromatic N) is 2. The highest BCUT2D eigenvalue weighted by atomic mass is 35.5. The number of fused-ring (bicyclic) bond motifs is 1. The van der Waals surface area contributed by atoms with Gasteiger partial charge in [0.15, 0.2) is 0 Å². The van der Waals surface area contributed by atoms with Crippen LogP contribution in [0, 0.1) is 0 Å². The summed E-state index contributed by atoms with van der Waals surface area (Å²) >= 11 is 6.11. The second-order valence-corrected chi connectivity index (χ2v) is 8.72. The molecule has 1 unspecified atom stereocenters. The van der Waals surface area contributed by atoms with Crippen LogP contribution in [0.4, 0.5) is 0 Å². The molecule has 1 amide bonds. The molecule has 0 spiro atoms. The maximum atomic E-state index is 13.6. The molecule has 0 bridgehead atoms. The molecule has 1 aliphatic heterocycles. The Labute approximate surface area is 198 Å². The Morgan fingerprint density at radius 3 is 2.58 bits per heavy atom. The van der Waals surface area contributed by atoms with E-state index in [1.54, 1.807) is 5.01 Å². The minimum Gasteiger partial charge on any atom is -0.361 e. The third-order valence-corrected chi connectivity index (χ3v) is 6.51. The van der Waals surface area contributed by atoms with E-state index >= 15 is 0 Å². The molecule has 0 fully saturated rings. The van der Waals surface area contributed by atoms with E-state index < -0.39 is 0 Å². The minimum atomic E-state index is -0.381. The minimum absolute atomic E-state index is 0.00178. The van der Waals surface area contributed by atoms with Crippen molar-refractivity contribution in [3.8, 4) is 0 Å². The molecule has 0 saturated carbocycles. The van der Waals surface area contributed by atoms with Crippen molar-refractivity contribution < 1.29 is 4.79 Å². The summed E-state index contributed by atoms with van der Waals surface area (Å²) in [6.45, 7) is 0.507. The zero-order chi connectivity index (χ0) is 22.8. The van der Waals surface area contributed by atoms with Crippen molar-refractivity contribution in [1.82, 2.24) is 15.3 Å². The van der Waals surface area contributed by atoms with E-state index in [4.69, 9.17) is 16.7 Å². The number of aromatic amines is 1. The van der Waals surface area contributed by atoms with Crippen LogP contribution in [0.25, 0.3) is 10.9 Å². The molecule has 1 aromatic heterocycles. The van der Waals surface area contributed by atoms with Crippen molar-refractivity contribution in [3.05, 3.63) is 107 Å². The second-order valence-electron chi connectivity index (χ2n) is 8.28. The van der Waals surface area contributed by atoms with E-state index in [1.807, 2.05) is 73.9 Å². The van der Waals surface area contributed by atoms with Gasteiger partial charge < -0.3 is 10.3 Å². The number of hydrogen-bond donors (Lipinski definition) is 2. The first-order valence-corrected chi connectivity index (χ1v) is 11.4. The molecule has 6 heteroatoms. The average molecular weight is 457 g/mol. The van der Waals surface area contributed by atoms with Crippen molar-refractivity contribution in [1.29, 1.82) is 0 Å². The standard InChI is InChI=1S/C27H25ClN4O/c1-29-25(15-20-16-30-24-10-6-5-9-22(20)24)27(33)32-17-23(18-7-3-2-4-8-18)26(31-32)19-11-13-21(28)14-12-19/h2-14,16,23,25,29-30H,15,17H2,1H3/t23?,25-/m0/s1. The zero-order valence-electron chi connectivity index (χ0n) is 18.3. The van der Waals surface area contributed by atoms with Crippen molar-refractivity contribution in [2.75, 3.05) is 13.6 Å². The van der Waals surface area contributed by atoms with Gasteiger partial charge in [-0.05, 0) is 48.4 Å². The number of carbonyl (C=O) groups is 1. The lowest BCUT2D eigenvalue weighted by Gasteiger charge is -2.21. The van der Waals surface area contributed by atoms with Gasteiger partial charge >= 0.3 is 0 Å². The summed E-state index contributed by atoms with van der Waals surface area (Å²) in [6, 6.07) is 25.6. The van der Waals surface area contributed by atoms with Crippen molar-refractivity contribution in [2.24, 2.45) is 5.10 Å². The van der Waals surface area contributed by atoms with Gasteiger partial charge in [-0.25, -0.2) is 5.01 Å². The highest BCUT2D eigenvalue weighted by molar-refractivity contribution is 6.30. The van der Waals surface area contributed by atoms with Gasteiger partial charge in [0.2, 0.25) is 0 Å². The number of hydrogen-bond acceptors (Lipinski definition) is 3. The number of halogens is 1. The first-order chi connectivity index (χ1) is 16.1. The Hall–Kier alpha value is -3.41. The van der Waals surface area contributed by atoms with E-state index in [0.29, 0.717) is 18.0 Å². The van der Waals surface area contributed by atoms with Crippen LogP contribution in [0.15, 0.2) is 90.2 Å². The number of likely N-dealkylation sites (N-methyl/N-ethyl adjacent to an activating group) is 1. The first kappa shape index (κ1) is 21.4. The average Bonchev–Trinajstić information content (AvgIpc) is 3.48. The van der Waals surface area contributed by atoms with Gasteiger partial charge in [-0.15, -0.1) is 0 Å². The number of hydrazone groups is 1. The van der Waals surface area contributed by atoms with Crippen LogP contribution < -0.4 is 5.32 Å². The zero-order valence-corrected chi connectivity index (χ0v) is 19.1. The number of carbonyl (C=O) groups excluding carboxylic acids is 1. The molecule has 2 heterocycles. The molecule has 2 N–H and O–H groups in total. The number of nitrogens with one attached hydrogen (secondary N) is 2. The number of H-pyrrole nitrogens is 1. The van der Waals surface area contributed by atoms with Gasteiger partial charge in [-0.2, -0.15) is 5.10 Å². The van der Waals surface area contributed by atoms with Crippen molar-refractivity contribution in [2.45, 2.75) is 18.4 Å². The van der Waals surface area contributed by atoms with Crippen molar-refractivity contribution >= 4 is 34.1 Å². The van der Waals surface area contributed by atoms with Gasteiger partial charge in [0.1, 0.15) is 0 Å². The Bertz CT molecular complexity index is 1300. The smallest absolute Gasteiger partial charge is 0.260 e. The number of para-hydroxylation sites is 1. The molecule has 3 aromatic carbocycles. The van der Waals surface area contributed by atoms with Crippen LogP contribution in [0.1, 0.15) is 22.6 Å². The normalized spacial score (nSPS) is 16.7. The van der Waals surface area contributed by atoms with Gasteiger partial charge in [0.25, 0.3) is 5.91 Å². The van der Waals surface area contributed by atoms with Gasteiger partial charge in [0, 0.05) is 28.0 Å². The molecule has 4 aromatic rings. The van der Waals surface area contributed by atoms with E-state index in [-0.39, 0.29) is 17.9 Å². The number of rotatable bonds is 6. The molecular weight excluding hydrogens is 432 g/mol. The third kappa shape index (κ3) is 4.30. The topological polar surface area (TPSA) is 60.5 Å². The van der Waals surface area contributed by atoms with E-state index in [1.165, 1.54) is 0 Å².